The molecule has 2 aromatic heterocycles. The van der Waals surface area contributed by atoms with E-state index in [0.717, 1.165) is 54.0 Å². The van der Waals surface area contributed by atoms with E-state index in [1.165, 1.54) is 17.7 Å². The van der Waals surface area contributed by atoms with Gasteiger partial charge in [-0.2, -0.15) is 5.10 Å². The number of halogens is 3. The van der Waals surface area contributed by atoms with Crippen LogP contribution in [-0.4, -0.2) is 34.8 Å². The number of aryl methyl sites for hydroxylation is 2. The van der Waals surface area contributed by atoms with Crippen LogP contribution >= 0.6 is 0 Å². The number of ether oxygens (including phenoxy) is 1. The monoisotopic (exact) mass is 563 g/mol. The van der Waals surface area contributed by atoms with Crippen LogP contribution < -0.4 is 9.64 Å². The summed E-state index contributed by atoms with van der Waals surface area (Å²) in [6, 6.07) is 18.8. The molecule has 0 amide bonds. The van der Waals surface area contributed by atoms with E-state index < -0.39 is 6.36 Å². The van der Waals surface area contributed by atoms with Gasteiger partial charge in [-0.3, -0.25) is 4.79 Å². The van der Waals surface area contributed by atoms with Gasteiger partial charge in [0.2, 0.25) is 0 Å². The Labute approximate surface area is 238 Å². The number of ketones is 1. The summed E-state index contributed by atoms with van der Waals surface area (Å²) in [5, 5.41) is 4.56. The average Bonchev–Trinajstić information content (AvgIpc) is 3.26. The molecule has 41 heavy (non-hydrogen) atoms. The fourth-order valence-electron chi connectivity index (χ4n) is 5.64. The van der Waals surface area contributed by atoms with Crippen molar-refractivity contribution in [3.05, 3.63) is 94.8 Å². The number of fused-ring (bicyclic) bond motifs is 1. The smallest absolute Gasteiger partial charge is 0.406 e. The van der Waals surface area contributed by atoms with Gasteiger partial charge in [-0.05, 0) is 90.6 Å². The molecule has 216 valence electrons. The lowest BCUT2D eigenvalue weighted by molar-refractivity contribution is -0.274. The number of carbonyl (C=O) groups is 1. The number of pyridine rings is 1. The highest BCUT2D eigenvalue weighted by atomic mass is 19.4. The number of aromatic nitrogens is 2. The molecule has 1 aliphatic heterocycles. The first kappa shape index (κ1) is 28.7. The van der Waals surface area contributed by atoms with Gasteiger partial charge in [-0.15, -0.1) is 13.2 Å². The third kappa shape index (κ3) is 6.75. The molecule has 0 atom stereocenters. The van der Waals surface area contributed by atoms with Crippen LogP contribution in [0.1, 0.15) is 78.7 Å². The Balaban J connectivity index is 1.16. The van der Waals surface area contributed by atoms with Crippen LogP contribution in [0.15, 0.2) is 66.9 Å². The first-order valence-corrected chi connectivity index (χ1v) is 14.1. The predicted octanol–water partition coefficient (Wildman–Crippen LogP) is 8.04. The van der Waals surface area contributed by atoms with Gasteiger partial charge < -0.3 is 9.64 Å². The van der Waals surface area contributed by atoms with Gasteiger partial charge in [0.05, 0.1) is 16.8 Å². The largest absolute Gasteiger partial charge is 0.573 e. The maximum absolute atomic E-state index is 13.3. The second-order valence-electron chi connectivity index (χ2n) is 11.9. The minimum atomic E-state index is -4.68. The Hall–Kier alpha value is -3.81. The number of piperidine rings is 1. The van der Waals surface area contributed by atoms with E-state index in [1.54, 1.807) is 16.6 Å². The summed E-state index contributed by atoms with van der Waals surface area (Å²) in [7, 11) is 0. The summed E-state index contributed by atoms with van der Waals surface area (Å²) in [4.78, 5) is 15.6. The van der Waals surface area contributed by atoms with Crippen molar-refractivity contribution in [1.29, 1.82) is 0 Å². The zero-order chi connectivity index (χ0) is 29.4. The molecule has 0 spiro atoms. The van der Waals surface area contributed by atoms with Crippen LogP contribution in [-0.2, 0) is 11.8 Å². The van der Waals surface area contributed by atoms with Gasteiger partial charge in [0.15, 0.2) is 5.78 Å². The lowest BCUT2D eigenvalue weighted by Gasteiger charge is -2.34. The standard InChI is InChI=1S/C33H36F3N3O2/c1-22-31(29-21-26(32(2,3)4)17-20-39(29)37-22)30(40)14-7-23-5-10-27(11-6-23)38-18-15-25(16-19-38)24-8-12-28(13-9-24)41-33(34,35)36/h5-6,8-13,17,20-21,25H,7,14-16,18-19H2,1-4H3. The Kier molecular flexibility index (Phi) is 7.86. The van der Waals surface area contributed by atoms with E-state index >= 15 is 0 Å². The fraction of sp³-hybridized carbons (Fsp3) is 0.394. The highest BCUT2D eigenvalue weighted by molar-refractivity contribution is 6.03. The normalized spacial score (nSPS) is 15.0. The molecule has 0 aliphatic carbocycles. The summed E-state index contributed by atoms with van der Waals surface area (Å²) in [5.74, 6) is 0.219. The van der Waals surface area contributed by atoms with Crippen molar-refractivity contribution in [1.82, 2.24) is 9.61 Å². The molecule has 4 aromatic rings. The van der Waals surface area contributed by atoms with Crippen molar-refractivity contribution in [2.75, 3.05) is 18.0 Å². The molecule has 0 N–H and O–H groups in total. The van der Waals surface area contributed by atoms with E-state index in [4.69, 9.17) is 0 Å². The number of Topliss-reactive ketones (excluding diaryl/α,β-unsaturated/α-hetero) is 1. The van der Waals surface area contributed by atoms with Crippen LogP contribution in [0.25, 0.3) is 5.52 Å². The molecule has 0 saturated carbocycles. The molecular weight excluding hydrogens is 527 g/mol. The summed E-state index contributed by atoms with van der Waals surface area (Å²) < 4.78 is 43.1. The van der Waals surface area contributed by atoms with Crippen LogP contribution in [0, 0.1) is 6.92 Å². The maximum Gasteiger partial charge on any atom is 0.573 e. The van der Waals surface area contributed by atoms with E-state index in [1.807, 2.05) is 13.1 Å². The summed E-state index contributed by atoms with van der Waals surface area (Å²) in [6.45, 7) is 10.1. The second-order valence-corrected chi connectivity index (χ2v) is 11.9. The van der Waals surface area contributed by atoms with E-state index in [2.05, 4.69) is 71.9 Å². The van der Waals surface area contributed by atoms with Crippen molar-refractivity contribution in [2.45, 2.75) is 71.1 Å². The van der Waals surface area contributed by atoms with Crippen LogP contribution in [0.2, 0.25) is 0 Å². The summed E-state index contributed by atoms with van der Waals surface area (Å²) in [6.07, 6.45) is 0.175. The Morgan fingerprint density at radius 1 is 0.976 bits per heavy atom. The zero-order valence-corrected chi connectivity index (χ0v) is 24.0. The first-order valence-electron chi connectivity index (χ1n) is 14.1. The predicted molar refractivity (Wildman–Crippen MR) is 155 cm³/mol. The highest BCUT2D eigenvalue weighted by Gasteiger charge is 2.31. The topological polar surface area (TPSA) is 46.8 Å². The minimum absolute atomic E-state index is 0.0160. The van der Waals surface area contributed by atoms with Crippen LogP contribution in [0.4, 0.5) is 18.9 Å². The van der Waals surface area contributed by atoms with E-state index in [9.17, 15) is 18.0 Å². The van der Waals surface area contributed by atoms with E-state index in [0.29, 0.717) is 24.3 Å². The molecule has 8 heteroatoms. The molecule has 1 fully saturated rings. The number of hydrogen-bond donors (Lipinski definition) is 0. The summed E-state index contributed by atoms with van der Waals surface area (Å²) in [5.41, 5.74) is 6.77. The third-order valence-corrected chi connectivity index (χ3v) is 7.98. The van der Waals surface area contributed by atoms with Crippen LogP contribution in [0.3, 0.4) is 0 Å². The maximum atomic E-state index is 13.3. The SMILES string of the molecule is Cc1nn2ccc(C(C)(C)C)cc2c1C(=O)CCc1ccc(N2CCC(c3ccc(OC(F)(F)F)cc3)CC2)cc1. The van der Waals surface area contributed by atoms with Crippen molar-refractivity contribution in [3.63, 3.8) is 0 Å². The molecule has 5 nitrogen and oxygen atoms in total. The quantitative estimate of drug-likeness (QED) is 0.214. The molecule has 3 heterocycles. The van der Waals surface area contributed by atoms with Crippen molar-refractivity contribution in [3.8, 4) is 5.75 Å². The Bertz CT molecular complexity index is 1510. The number of rotatable bonds is 7. The van der Waals surface area contributed by atoms with Gasteiger partial charge in [-0.25, -0.2) is 4.52 Å². The second kappa shape index (κ2) is 11.2. The van der Waals surface area contributed by atoms with Gasteiger partial charge in [0.1, 0.15) is 5.75 Å². The Morgan fingerprint density at radius 2 is 1.63 bits per heavy atom. The molecule has 0 unspecified atom stereocenters. The summed E-state index contributed by atoms with van der Waals surface area (Å²) >= 11 is 0. The number of hydrogen-bond acceptors (Lipinski definition) is 4. The van der Waals surface area contributed by atoms with Gasteiger partial charge >= 0.3 is 6.36 Å². The number of benzene rings is 2. The molecule has 0 radical (unpaired) electrons. The lowest BCUT2D eigenvalue weighted by Crippen LogP contribution is -2.32. The van der Waals surface area contributed by atoms with E-state index in [-0.39, 0.29) is 16.9 Å². The highest BCUT2D eigenvalue weighted by Crippen LogP contribution is 2.33. The Morgan fingerprint density at radius 3 is 2.24 bits per heavy atom. The van der Waals surface area contributed by atoms with Crippen LogP contribution in [0.5, 0.6) is 5.75 Å². The number of alkyl halides is 3. The first-order chi connectivity index (χ1) is 19.4. The van der Waals surface area contributed by atoms with Crippen molar-refractivity contribution < 1.29 is 22.7 Å². The molecule has 1 saturated heterocycles. The number of carbonyl (C=O) groups excluding carboxylic acids is 1. The molecule has 5 rings (SSSR count). The van der Waals surface area contributed by atoms with Gasteiger partial charge in [0, 0.05) is 31.4 Å². The number of nitrogens with zero attached hydrogens (tertiary/aromatic N) is 3. The third-order valence-electron chi connectivity index (χ3n) is 7.98. The molecule has 2 aromatic carbocycles. The molecular formula is C33H36F3N3O2. The number of anilines is 1. The molecule has 0 bridgehead atoms. The minimum Gasteiger partial charge on any atom is -0.406 e. The fourth-order valence-corrected chi connectivity index (χ4v) is 5.64. The van der Waals surface area contributed by atoms with Gasteiger partial charge in [-0.1, -0.05) is 45.0 Å². The van der Waals surface area contributed by atoms with Crippen molar-refractivity contribution >= 4 is 17.0 Å². The van der Waals surface area contributed by atoms with Crippen molar-refractivity contribution in [2.24, 2.45) is 0 Å². The lowest BCUT2D eigenvalue weighted by atomic mass is 9.87. The van der Waals surface area contributed by atoms with Gasteiger partial charge in [0.25, 0.3) is 0 Å². The molecule has 1 aliphatic rings. The zero-order valence-electron chi connectivity index (χ0n) is 24.0. The average molecular weight is 564 g/mol.